The Morgan fingerprint density at radius 2 is 1.89 bits per heavy atom. The van der Waals surface area contributed by atoms with Crippen LogP contribution in [0.15, 0.2) is 53.0 Å². The quantitative estimate of drug-likeness (QED) is 0.672. The second-order valence-electron chi connectivity index (χ2n) is 6.00. The van der Waals surface area contributed by atoms with E-state index in [0.29, 0.717) is 5.56 Å². The van der Waals surface area contributed by atoms with Gasteiger partial charge in [-0.2, -0.15) is 10.4 Å². The maximum Gasteiger partial charge on any atom is 0.252 e. The van der Waals surface area contributed by atoms with Gasteiger partial charge in [-0.3, -0.25) is 4.79 Å². The summed E-state index contributed by atoms with van der Waals surface area (Å²) in [4.78, 5) is 12.5. The first-order chi connectivity index (χ1) is 12.9. The summed E-state index contributed by atoms with van der Waals surface area (Å²) >= 11 is 3.49. The average Bonchev–Trinajstić information content (AvgIpc) is 2.94. The zero-order chi connectivity index (χ0) is 19.6. The molecule has 0 saturated carbocycles. The normalized spacial score (nSPS) is 11.7. The van der Waals surface area contributed by atoms with Gasteiger partial charge in [0.05, 0.1) is 27.6 Å². The van der Waals surface area contributed by atoms with Crippen molar-refractivity contribution >= 4 is 21.8 Å². The van der Waals surface area contributed by atoms with Gasteiger partial charge in [-0.05, 0) is 60.1 Å². The number of nitriles is 1. The molecule has 7 heteroatoms. The molecule has 27 heavy (non-hydrogen) atoms. The van der Waals surface area contributed by atoms with E-state index in [9.17, 15) is 14.4 Å². The van der Waals surface area contributed by atoms with Crippen LogP contribution in [0.25, 0.3) is 5.69 Å². The fourth-order valence-corrected chi connectivity index (χ4v) is 2.98. The van der Waals surface area contributed by atoms with Crippen LogP contribution in [0.4, 0.5) is 4.39 Å². The second kappa shape index (κ2) is 7.72. The molecule has 1 amide bonds. The SMILES string of the molecule is Cc1nn(-c2ccc(C(=O)NC(C#N)c3ccccc3F)cc2)c(C)c1Br. The van der Waals surface area contributed by atoms with Crippen molar-refractivity contribution in [1.82, 2.24) is 15.1 Å². The van der Waals surface area contributed by atoms with Crippen LogP contribution in [0.5, 0.6) is 0 Å². The van der Waals surface area contributed by atoms with Crippen molar-refractivity contribution < 1.29 is 9.18 Å². The van der Waals surface area contributed by atoms with Gasteiger partial charge in [-0.1, -0.05) is 18.2 Å². The standard InChI is InChI=1S/C20H16BrFN4O/c1-12-19(21)13(2)26(25-12)15-9-7-14(8-10-15)20(27)24-18(11-23)16-5-3-4-6-17(16)22/h3-10,18H,1-2H3,(H,24,27). The fourth-order valence-electron chi connectivity index (χ4n) is 2.73. The van der Waals surface area contributed by atoms with Crippen molar-refractivity contribution in [2.75, 3.05) is 0 Å². The average molecular weight is 427 g/mol. The molecule has 3 aromatic rings. The molecule has 1 aromatic heterocycles. The third kappa shape index (κ3) is 3.76. The minimum atomic E-state index is -1.06. The molecule has 0 radical (unpaired) electrons. The number of rotatable bonds is 4. The van der Waals surface area contributed by atoms with E-state index in [1.54, 1.807) is 35.0 Å². The number of aryl methyl sites for hydroxylation is 1. The maximum absolute atomic E-state index is 13.9. The monoisotopic (exact) mass is 426 g/mol. The molecule has 1 unspecified atom stereocenters. The third-order valence-electron chi connectivity index (χ3n) is 4.20. The van der Waals surface area contributed by atoms with Gasteiger partial charge < -0.3 is 5.32 Å². The van der Waals surface area contributed by atoms with Crippen molar-refractivity contribution in [1.29, 1.82) is 5.26 Å². The van der Waals surface area contributed by atoms with E-state index in [4.69, 9.17) is 0 Å². The van der Waals surface area contributed by atoms with Crippen LogP contribution in [0.1, 0.15) is 33.4 Å². The molecule has 0 aliphatic rings. The molecule has 1 atom stereocenters. The van der Waals surface area contributed by atoms with Crippen molar-refractivity contribution in [3.8, 4) is 11.8 Å². The summed E-state index contributed by atoms with van der Waals surface area (Å²) in [5, 5.41) is 16.3. The lowest BCUT2D eigenvalue weighted by molar-refractivity contribution is 0.0944. The Morgan fingerprint density at radius 3 is 2.44 bits per heavy atom. The largest absolute Gasteiger partial charge is 0.332 e. The first-order valence-electron chi connectivity index (χ1n) is 8.19. The van der Waals surface area contributed by atoms with Gasteiger partial charge in [-0.15, -0.1) is 0 Å². The molecule has 0 aliphatic heterocycles. The summed E-state index contributed by atoms with van der Waals surface area (Å²) in [6.07, 6.45) is 0. The van der Waals surface area contributed by atoms with E-state index in [1.807, 2.05) is 19.9 Å². The van der Waals surface area contributed by atoms with Crippen molar-refractivity contribution in [2.45, 2.75) is 19.9 Å². The van der Waals surface area contributed by atoms with E-state index < -0.39 is 17.8 Å². The number of amides is 1. The smallest absolute Gasteiger partial charge is 0.252 e. The lowest BCUT2D eigenvalue weighted by Gasteiger charge is -2.13. The Morgan fingerprint density at radius 1 is 1.22 bits per heavy atom. The summed E-state index contributed by atoms with van der Waals surface area (Å²) in [6, 6.07) is 13.6. The Kier molecular flexibility index (Phi) is 5.38. The van der Waals surface area contributed by atoms with Crippen LogP contribution in [-0.4, -0.2) is 15.7 Å². The molecule has 0 aliphatic carbocycles. The maximum atomic E-state index is 13.9. The van der Waals surface area contributed by atoms with Crippen molar-refractivity contribution in [3.05, 3.63) is 81.3 Å². The highest BCUT2D eigenvalue weighted by Crippen LogP contribution is 2.23. The lowest BCUT2D eigenvalue weighted by atomic mass is 10.1. The topological polar surface area (TPSA) is 70.7 Å². The van der Waals surface area contributed by atoms with Crippen molar-refractivity contribution in [2.24, 2.45) is 0 Å². The molecule has 1 heterocycles. The van der Waals surface area contributed by atoms with Crippen LogP contribution in [0, 0.1) is 31.0 Å². The van der Waals surface area contributed by atoms with Crippen LogP contribution in [0.3, 0.4) is 0 Å². The molecule has 2 aromatic carbocycles. The van der Waals surface area contributed by atoms with E-state index in [1.165, 1.54) is 18.2 Å². The Bertz CT molecular complexity index is 1040. The summed E-state index contributed by atoms with van der Waals surface area (Å²) in [7, 11) is 0. The van der Waals surface area contributed by atoms with Gasteiger partial charge in [0.2, 0.25) is 0 Å². The molecule has 136 valence electrons. The Balaban J connectivity index is 1.81. The number of aromatic nitrogens is 2. The summed E-state index contributed by atoms with van der Waals surface area (Å²) in [6.45, 7) is 3.84. The van der Waals surface area contributed by atoms with Gasteiger partial charge in [0.15, 0.2) is 0 Å². The van der Waals surface area contributed by atoms with Gasteiger partial charge in [0.1, 0.15) is 11.9 Å². The van der Waals surface area contributed by atoms with Crippen LogP contribution in [0.2, 0.25) is 0 Å². The summed E-state index contributed by atoms with van der Waals surface area (Å²) in [5.41, 5.74) is 3.14. The zero-order valence-corrected chi connectivity index (χ0v) is 16.3. The van der Waals surface area contributed by atoms with Crippen LogP contribution in [-0.2, 0) is 0 Å². The molecular formula is C20H16BrFN4O. The van der Waals surface area contributed by atoms with E-state index in [2.05, 4.69) is 26.3 Å². The lowest BCUT2D eigenvalue weighted by Crippen LogP contribution is -2.28. The molecular weight excluding hydrogens is 411 g/mol. The molecule has 0 saturated heterocycles. The number of nitrogens with zero attached hydrogens (tertiary/aromatic N) is 3. The number of hydrogen-bond acceptors (Lipinski definition) is 3. The zero-order valence-electron chi connectivity index (χ0n) is 14.7. The van der Waals surface area contributed by atoms with Gasteiger partial charge >= 0.3 is 0 Å². The number of benzene rings is 2. The first-order valence-corrected chi connectivity index (χ1v) is 8.98. The predicted octanol–water partition coefficient (Wildman–Crippen LogP) is 4.39. The Hall–Kier alpha value is -2.98. The van der Waals surface area contributed by atoms with Gasteiger partial charge in [0.25, 0.3) is 5.91 Å². The highest BCUT2D eigenvalue weighted by Gasteiger charge is 2.18. The first kappa shape index (κ1) is 18.8. The fraction of sp³-hybridized carbons (Fsp3) is 0.150. The van der Waals surface area contributed by atoms with E-state index in [0.717, 1.165) is 21.5 Å². The van der Waals surface area contributed by atoms with E-state index in [-0.39, 0.29) is 5.56 Å². The molecule has 0 spiro atoms. The number of carbonyl (C=O) groups is 1. The highest BCUT2D eigenvalue weighted by atomic mass is 79.9. The number of halogens is 2. The molecule has 0 bridgehead atoms. The number of nitrogens with one attached hydrogen (secondary N) is 1. The number of carbonyl (C=O) groups excluding carboxylic acids is 1. The number of hydrogen-bond donors (Lipinski definition) is 1. The summed E-state index contributed by atoms with van der Waals surface area (Å²) in [5.74, 6) is -0.985. The Labute approximate surface area is 164 Å². The van der Waals surface area contributed by atoms with Gasteiger partial charge in [0, 0.05) is 11.1 Å². The minimum Gasteiger partial charge on any atom is -0.332 e. The van der Waals surface area contributed by atoms with Crippen LogP contribution >= 0.6 is 15.9 Å². The molecule has 0 fully saturated rings. The predicted molar refractivity (Wildman–Crippen MR) is 103 cm³/mol. The van der Waals surface area contributed by atoms with Crippen molar-refractivity contribution in [3.63, 3.8) is 0 Å². The third-order valence-corrected chi connectivity index (χ3v) is 5.35. The van der Waals surface area contributed by atoms with Gasteiger partial charge in [-0.25, -0.2) is 9.07 Å². The van der Waals surface area contributed by atoms with Crippen LogP contribution < -0.4 is 5.32 Å². The molecule has 1 N–H and O–H groups in total. The highest BCUT2D eigenvalue weighted by molar-refractivity contribution is 9.10. The molecule has 5 nitrogen and oxygen atoms in total. The van der Waals surface area contributed by atoms with E-state index >= 15 is 0 Å². The second-order valence-corrected chi connectivity index (χ2v) is 6.79. The minimum absolute atomic E-state index is 0.137. The summed E-state index contributed by atoms with van der Waals surface area (Å²) < 4.78 is 16.6. The molecule has 3 rings (SSSR count).